The van der Waals surface area contributed by atoms with Gasteiger partial charge in [-0.2, -0.15) is 0 Å². The zero-order valence-corrected chi connectivity index (χ0v) is 16.9. The summed E-state index contributed by atoms with van der Waals surface area (Å²) in [5.41, 5.74) is 4.69. The van der Waals surface area contributed by atoms with Crippen LogP contribution in [0, 0.1) is 0 Å². The van der Waals surface area contributed by atoms with Gasteiger partial charge in [0.2, 0.25) is 0 Å². The second kappa shape index (κ2) is 7.23. The summed E-state index contributed by atoms with van der Waals surface area (Å²) in [5.74, 6) is 0. The molecule has 0 atom stereocenters. The standard InChI is InChI=1S/C19H29ClN2Si/c1-14(2)23(15(3)4,16(5)6)22-10-9-18(13-22)11-17-7-8-19(20)21-12-17/h7-10,12-16H,11H2,1-6H3. The minimum Gasteiger partial charge on any atom is -0.379 e. The van der Waals surface area contributed by atoms with Gasteiger partial charge in [-0.3, -0.25) is 0 Å². The molecule has 0 unspecified atom stereocenters. The number of aromatic nitrogens is 2. The summed E-state index contributed by atoms with van der Waals surface area (Å²) in [5, 5.41) is 0.553. The van der Waals surface area contributed by atoms with E-state index in [1.54, 1.807) is 0 Å². The molecule has 0 saturated heterocycles. The van der Waals surface area contributed by atoms with Crippen LogP contribution in [0.4, 0.5) is 0 Å². The normalized spacial score (nSPS) is 12.6. The SMILES string of the molecule is CC(C)[Si](C(C)C)(C(C)C)n1ccc(Cc2ccc(Cl)nc2)c1. The highest BCUT2D eigenvalue weighted by Crippen LogP contribution is 2.42. The summed E-state index contributed by atoms with van der Waals surface area (Å²) in [6, 6.07) is 6.19. The van der Waals surface area contributed by atoms with Crippen LogP contribution in [0.2, 0.25) is 21.8 Å². The quantitative estimate of drug-likeness (QED) is 0.452. The molecule has 0 saturated carbocycles. The van der Waals surface area contributed by atoms with Crippen LogP contribution in [0.25, 0.3) is 0 Å². The van der Waals surface area contributed by atoms with Crippen LogP contribution in [-0.4, -0.2) is 17.5 Å². The van der Waals surface area contributed by atoms with E-state index in [2.05, 4.69) is 75.3 Å². The molecule has 2 heterocycles. The number of hydrogen-bond donors (Lipinski definition) is 0. The fourth-order valence-electron chi connectivity index (χ4n) is 4.43. The molecule has 0 bridgehead atoms. The van der Waals surface area contributed by atoms with Crippen molar-refractivity contribution in [1.82, 2.24) is 9.22 Å². The Bertz CT molecular complexity index is 607. The lowest BCUT2D eigenvalue weighted by Crippen LogP contribution is -2.51. The van der Waals surface area contributed by atoms with E-state index in [9.17, 15) is 0 Å². The molecule has 2 rings (SSSR count). The van der Waals surface area contributed by atoms with Crippen molar-refractivity contribution in [1.29, 1.82) is 0 Å². The van der Waals surface area contributed by atoms with Crippen molar-refractivity contribution < 1.29 is 0 Å². The van der Waals surface area contributed by atoms with Crippen LogP contribution in [0.1, 0.15) is 52.7 Å². The van der Waals surface area contributed by atoms with Gasteiger partial charge in [-0.15, -0.1) is 0 Å². The smallest absolute Gasteiger partial charge is 0.168 e. The first-order valence-corrected chi connectivity index (χ1v) is 11.1. The molecule has 0 spiro atoms. The number of hydrogen-bond acceptors (Lipinski definition) is 1. The third kappa shape index (κ3) is 3.56. The highest BCUT2D eigenvalue weighted by atomic mass is 35.5. The average Bonchev–Trinajstić information content (AvgIpc) is 2.89. The summed E-state index contributed by atoms with van der Waals surface area (Å²) in [7, 11) is -1.63. The molecule has 0 aliphatic rings. The van der Waals surface area contributed by atoms with E-state index in [0.717, 1.165) is 6.42 Å². The number of halogens is 1. The predicted octanol–water partition coefficient (Wildman–Crippen LogP) is 6.15. The molecule has 0 N–H and O–H groups in total. The average molecular weight is 349 g/mol. The Kier molecular flexibility index (Phi) is 5.74. The fraction of sp³-hybridized carbons (Fsp3) is 0.526. The molecule has 4 heteroatoms. The number of pyridine rings is 1. The summed E-state index contributed by atoms with van der Waals surface area (Å²) in [4.78, 5) is 4.18. The molecule has 0 radical (unpaired) electrons. The van der Waals surface area contributed by atoms with E-state index in [1.807, 2.05) is 12.3 Å². The number of rotatable bonds is 6. The van der Waals surface area contributed by atoms with Crippen molar-refractivity contribution in [3.8, 4) is 0 Å². The molecule has 0 fully saturated rings. The number of nitrogens with zero attached hydrogens (tertiary/aromatic N) is 2. The maximum Gasteiger partial charge on any atom is 0.168 e. The lowest BCUT2D eigenvalue weighted by atomic mass is 10.1. The van der Waals surface area contributed by atoms with Crippen LogP contribution < -0.4 is 0 Å². The van der Waals surface area contributed by atoms with Crippen molar-refractivity contribution in [2.24, 2.45) is 0 Å². The van der Waals surface area contributed by atoms with Gasteiger partial charge in [0.25, 0.3) is 0 Å². The second-order valence-corrected chi connectivity index (χ2v) is 13.6. The Morgan fingerprint density at radius 3 is 2.04 bits per heavy atom. The summed E-state index contributed by atoms with van der Waals surface area (Å²) in [6.45, 7) is 14.4. The third-order valence-electron chi connectivity index (χ3n) is 5.17. The van der Waals surface area contributed by atoms with Gasteiger partial charge in [0.1, 0.15) is 5.15 Å². The van der Waals surface area contributed by atoms with E-state index in [1.165, 1.54) is 11.1 Å². The van der Waals surface area contributed by atoms with Crippen LogP contribution in [-0.2, 0) is 6.42 Å². The van der Waals surface area contributed by atoms with Gasteiger partial charge >= 0.3 is 0 Å². The molecule has 23 heavy (non-hydrogen) atoms. The molecule has 0 amide bonds. The Morgan fingerprint density at radius 2 is 1.57 bits per heavy atom. The molecule has 2 nitrogen and oxygen atoms in total. The van der Waals surface area contributed by atoms with E-state index >= 15 is 0 Å². The highest BCUT2D eigenvalue weighted by molar-refractivity contribution is 6.82. The van der Waals surface area contributed by atoms with Gasteiger partial charge < -0.3 is 4.23 Å². The van der Waals surface area contributed by atoms with Crippen LogP contribution in [0.5, 0.6) is 0 Å². The minimum atomic E-state index is -1.63. The maximum atomic E-state index is 5.87. The molecule has 2 aromatic heterocycles. The van der Waals surface area contributed by atoms with E-state index < -0.39 is 8.24 Å². The first kappa shape index (κ1) is 18.3. The Morgan fingerprint density at radius 1 is 0.957 bits per heavy atom. The fourth-order valence-corrected chi connectivity index (χ4v) is 11.1. The van der Waals surface area contributed by atoms with E-state index in [4.69, 9.17) is 11.6 Å². The monoisotopic (exact) mass is 348 g/mol. The molecular weight excluding hydrogens is 320 g/mol. The molecular formula is C19H29ClN2Si. The van der Waals surface area contributed by atoms with Crippen molar-refractivity contribution in [2.75, 3.05) is 0 Å². The first-order valence-electron chi connectivity index (χ1n) is 8.56. The van der Waals surface area contributed by atoms with Gasteiger partial charge in [0.05, 0.1) is 0 Å². The lowest BCUT2D eigenvalue weighted by molar-refractivity contribution is 0.765. The Labute approximate surface area is 147 Å². The predicted molar refractivity (Wildman–Crippen MR) is 103 cm³/mol. The van der Waals surface area contributed by atoms with Gasteiger partial charge in [-0.1, -0.05) is 59.2 Å². The Balaban J connectivity index is 2.33. The van der Waals surface area contributed by atoms with Gasteiger partial charge in [0.15, 0.2) is 8.24 Å². The molecule has 126 valence electrons. The third-order valence-corrected chi connectivity index (χ3v) is 12.1. The Hall–Kier alpha value is -1.06. The molecule has 2 aromatic rings. The molecule has 0 aromatic carbocycles. The van der Waals surface area contributed by atoms with Crippen LogP contribution >= 0.6 is 11.6 Å². The van der Waals surface area contributed by atoms with Gasteiger partial charge in [-0.05, 0) is 52.3 Å². The minimum absolute atomic E-state index is 0.553. The van der Waals surface area contributed by atoms with Crippen molar-refractivity contribution >= 4 is 19.8 Å². The van der Waals surface area contributed by atoms with E-state index in [0.29, 0.717) is 21.8 Å². The molecule has 0 aliphatic heterocycles. The zero-order valence-electron chi connectivity index (χ0n) is 15.2. The van der Waals surface area contributed by atoms with Crippen LogP contribution in [0.3, 0.4) is 0 Å². The van der Waals surface area contributed by atoms with Gasteiger partial charge in [0, 0.05) is 12.6 Å². The maximum absolute atomic E-state index is 5.87. The highest BCUT2D eigenvalue weighted by Gasteiger charge is 2.44. The van der Waals surface area contributed by atoms with Gasteiger partial charge in [-0.25, -0.2) is 4.98 Å². The van der Waals surface area contributed by atoms with Crippen molar-refractivity contribution in [3.63, 3.8) is 0 Å². The first-order chi connectivity index (χ1) is 10.8. The van der Waals surface area contributed by atoms with E-state index in [-0.39, 0.29) is 0 Å². The summed E-state index contributed by atoms with van der Waals surface area (Å²) < 4.78 is 2.59. The van der Waals surface area contributed by atoms with Crippen LogP contribution in [0.15, 0.2) is 36.8 Å². The summed E-state index contributed by atoms with van der Waals surface area (Å²) in [6.07, 6.45) is 7.47. The second-order valence-electron chi connectivity index (χ2n) is 7.44. The zero-order chi connectivity index (χ0) is 17.2. The largest absolute Gasteiger partial charge is 0.379 e. The molecule has 0 aliphatic carbocycles. The van der Waals surface area contributed by atoms with Crippen molar-refractivity contribution in [2.45, 2.75) is 64.6 Å². The van der Waals surface area contributed by atoms with Crippen molar-refractivity contribution in [3.05, 3.63) is 53.1 Å². The summed E-state index contributed by atoms with van der Waals surface area (Å²) >= 11 is 5.87. The lowest BCUT2D eigenvalue weighted by Gasteiger charge is -2.44. The topological polar surface area (TPSA) is 17.8 Å².